The van der Waals surface area contributed by atoms with Gasteiger partial charge in [-0.15, -0.1) is 11.3 Å². The number of likely N-dealkylation sites (N-methyl/N-ethyl adjacent to an activating group) is 1. The lowest BCUT2D eigenvalue weighted by Crippen LogP contribution is -2.43. The molecule has 2 aliphatic rings. The van der Waals surface area contributed by atoms with Gasteiger partial charge in [0.2, 0.25) is 0 Å². The lowest BCUT2D eigenvalue weighted by molar-refractivity contribution is 0.107. The molecule has 32 heavy (non-hydrogen) atoms. The third kappa shape index (κ3) is 4.53. The van der Waals surface area contributed by atoms with Crippen LogP contribution in [0.15, 0.2) is 29.6 Å². The molecule has 0 amide bonds. The third-order valence-electron chi connectivity index (χ3n) is 6.25. The summed E-state index contributed by atoms with van der Waals surface area (Å²) in [6.07, 6.45) is 1.14. The van der Waals surface area contributed by atoms with Crippen LogP contribution in [0, 0.1) is 11.8 Å². The number of fused-ring (bicyclic) bond motifs is 3. The highest BCUT2D eigenvalue weighted by Crippen LogP contribution is 2.41. The summed E-state index contributed by atoms with van der Waals surface area (Å²) in [5.74, 6) is 6.32. The van der Waals surface area contributed by atoms with Crippen molar-refractivity contribution in [3.05, 3.63) is 51.2 Å². The number of thiophene rings is 1. The van der Waals surface area contributed by atoms with Crippen LogP contribution in [0.1, 0.15) is 35.4 Å². The van der Waals surface area contributed by atoms with Crippen LogP contribution in [0.5, 0.6) is 0 Å². The Labute approximate surface area is 194 Å². The Morgan fingerprint density at radius 3 is 2.84 bits per heavy atom. The van der Waals surface area contributed by atoms with Gasteiger partial charge in [0.1, 0.15) is 6.61 Å². The van der Waals surface area contributed by atoms with Crippen LogP contribution in [0.3, 0.4) is 0 Å². The molecule has 3 heterocycles. The van der Waals surface area contributed by atoms with Gasteiger partial charge in [0.15, 0.2) is 0 Å². The van der Waals surface area contributed by atoms with Gasteiger partial charge in [0, 0.05) is 61.2 Å². The van der Waals surface area contributed by atoms with Crippen LogP contribution in [-0.2, 0) is 17.7 Å². The van der Waals surface area contributed by atoms with Crippen LogP contribution < -0.4 is 0 Å². The first-order valence-corrected chi connectivity index (χ1v) is 12.2. The summed E-state index contributed by atoms with van der Waals surface area (Å²) < 4.78 is 5.51. The third-order valence-corrected chi connectivity index (χ3v) is 7.09. The summed E-state index contributed by atoms with van der Waals surface area (Å²) in [5, 5.41) is 10.1. The van der Waals surface area contributed by atoms with Crippen molar-refractivity contribution < 1.29 is 4.74 Å². The van der Waals surface area contributed by atoms with E-state index in [1.165, 1.54) is 27.9 Å². The number of H-pyrrole nitrogens is 1. The van der Waals surface area contributed by atoms with E-state index in [-0.39, 0.29) is 6.10 Å². The number of piperazine rings is 1. The van der Waals surface area contributed by atoms with Crippen molar-refractivity contribution in [2.24, 2.45) is 0 Å². The quantitative estimate of drug-likeness (QED) is 0.466. The summed E-state index contributed by atoms with van der Waals surface area (Å²) in [6, 6.07) is 9.09. The van der Waals surface area contributed by atoms with Crippen molar-refractivity contribution >= 4 is 11.3 Å². The van der Waals surface area contributed by atoms with E-state index in [2.05, 4.69) is 68.5 Å². The standard InChI is InChI=1S/C26H30N4OS/c1-18(2)31-12-4-5-22-14-21(17-32-22)25-24-15-20-13-19(6-7-23(20)26(24)28-27-25)16-30-10-8-29(3)9-11-30/h6-7,13-14,17-18H,8-12,15-16H2,1-3H3,(H,27,28). The second kappa shape index (κ2) is 9.21. The molecule has 0 saturated carbocycles. The van der Waals surface area contributed by atoms with E-state index in [1.807, 2.05) is 13.8 Å². The fourth-order valence-corrected chi connectivity index (χ4v) is 5.21. The number of nitrogens with one attached hydrogen (secondary N) is 1. The summed E-state index contributed by atoms with van der Waals surface area (Å²) >= 11 is 1.67. The molecule has 1 aromatic carbocycles. The average molecular weight is 447 g/mol. The Kier molecular flexibility index (Phi) is 6.16. The molecule has 6 heteroatoms. The lowest BCUT2D eigenvalue weighted by Gasteiger charge is -2.32. The molecule has 0 spiro atoms. The minimum absolute atomic E-state index is 0.207. The first-order valence-electron chi connectivity index (χ1n) is 11.4. The van der Waals surface area contributed by atoms with E-state index in [1.54, 1.807) is 11.3 Å². The molecular formula is C26H30N4OS. The maximum atomic E-state index is 5.51. The minimum Gasteiger partial charge on any atom is -0.366 e. The van der Waals surface area contributed by atoms with E-state index < -0.39 is 0 Å². The van der Waals surface area contributed by atoms with E-state index in [4.69, 9.17) is 4.74 Å². The van der Waals surface area contributed by atoms with Crippen LogP contribution >= 0.6 is 11.3 Å². The van der Waals surface area contributed by atoms with Crippen molar-refractivity contribution in [3.63, 3.8) is 0 Å². The predicted octanol–water partition coefficient (Wildman–Crippen LogP) is 4.23. The Bertz CT molecular complexity index is 1160. The van der Waals surface area contributed by atoms with Gasteiger partial charge in [-0.2, -0.15) is 5.10 Å². The molecule has 0 atom stereocenters. The topological polar surface area (TPSA) is 44.4 Å². The van der Waals surface area contributed by atoms with E-state index in [0.29, 0.717) is 6.61 Å². The van der Waals surface area contributed by atoms with E-state index in [0.717, 1.165) is 55.3 Å². The number of hydrogen-bond donors (Lipinski definition) is 1. The van der Waals surface area contributed by atoms with Crippen molar-refractivity contribution in [2.75, 3.05) is 39.8 Å². The van der Waals surface area contributed by atoms with E-state index in [9.17, 15) is 0 Å². The monoisotopic (exact) mass is 446 g/mol. The molecule has 1 fully saturated rings. The first-order chi connectivity index (χ1) is 15.6. The smallest absolute Gasteiger partial charge is 0.108 e. The van der Waals surface area contributed by atoms with Crippen LogP contribution in [0.4, 0.5) is 0 Å². The van der Waals surface area contributed by atoms with Crippen LogP contribution in [0.25, 0.3) is 22.5 Å². The first kappa shape index (κ1) is 21.4. The Hall–Kier alpha value is -2.43. The largest absolute Gasteiger partial charge is 0.366 e. The number of rotatable bonds is 5. The molecule has 0 unspecified atom stereocenters. The van der Waals surface area contributed by atoms with Gasteiger partial charge in [-0.3, -0.25) is 10.00 Å². The van der Waals surface area contributed by atoms with Crippen molar-refractivity contribution in [2.45, 2.75) is 32.9 Å². The molecule has 1 aliphatic heterocycles. The number of aromatic nitrogens is 2. The van der Waals surface area contributed by atoms with Crippen molar-refractivity contribution in [3.8, 4) is 34.4 Å². The van der Waals surface area contributed by atoms with Gasteiger partial charge in [-0.25, -0.2) is 0 Å². The minimum atomic E-state index is 0.207. The van der Waals surface area contributed by atoms with Crippen molar-refractivity contribution in [1.29, 1.82) is 0 Å². The van der Waals surface area contributed by atoms with Gasteiger partial charge in [-0.1, -0.05) is 30.0 Å². The SMILES string of the molecule is CC(C)OCC#Cc1cc(-c2n[nH]c3c2Cc2cc(CN4CCN(C)CC4)ccc2-3)cs1. The highest BCUT2D eigenvalue weighted by atomic mass is 32.1. The van der Waals surface area contributed by atoms with Gasteiger partial charge >= 0.3 is 0 Å². The summed E-state index contributed by atoms with van der Waals surface area (Å²) in [6.45, 7) is 10.2. The van der Waals surface area contributed by atoms with Gasteiger partial charge < -0.3 is 9.64 Å². The lowest BCUT2D eigenvalue weighted by atomic mass is 10.0. The number of aromatic amines is 1. The van der Waals surface area contributed by atoms with E-state index >= 15 is 0 Å². The zero-order valence-electron chi connectivity index (χ0n) is 19.1. The Morgan fingerprint density at radius 1 is 1.19 bits per heavy atom. The number of nitrogens with zero attached hydrogens (tertiary/aromatic N) is 3. The predicted molar refractivity (Wildman–Crippen MR) is 131 cm³/mol. The average Bonchev–Trinajstić information content (AvgIpc) is 3.47. The second-order valence-electron chi connectivity index (χ2n) is 9.03. The Balaban J connectivity index is 1.30. The highest BCUT2D eigenvalue weighted by molar-refractivity contribution is 7.11. The normalized spacial score (nSPS) is 16.1. The zero-order chi connectivity index (χ0) is 22.1. The molecule has 2 aromatic heterocycles. The van der Waals surface area contributed by atoms with Gasteiger partial charge in [0.05, 0.1) is 22.4 Å². The molecule has 5 nitrogen and oxygen atoms in total. The molecule has 1 saturated heterocycles. The highest BCUT2D eigenvalue weighted by Gasteiger charge is 2.26. The van der Waals surface area contributed by atoms with Crippen molar-refractivity contribution in [1.82, 2.24) is 20.0 Å². The number of ether oxygens (including phenoxy) is 1. The molecule has 1 N–H and O–H groups in total. The molecule has 5 rings (SSSR count). The molecule has 3 aromatic rings. The van der Waals surface area contributed by atoms with Crippen LogP contribution in [0.2, 0.25) is 0 Å². The maximum Gasteiger partial charge on any atom is 0.108 e. The molecular weight excluding hydrogens is 416 g/mol. The molecule has 0 bridgehead atoms. The fourth-order valence-electron chi connectivity index (χ4n) is 4.45. The van der Waals surface area contributed by atoms with Gasteiger partial charge in [-0.05, 0) is 38.1 Å². The Morgan fingerprint density at radius 2 is 2.03 bits per heavy atom. The summed E-state index contributed by atoms with van der Waals surface area (Å²) in [7, 11) is 2.20. The summed E-state index contributed by atoms with van der Waals surface area (Å²) in [4.78, 5) is 6.01. The van der Waals surface area contributed by atoms with Gasteiger partial charge in [0.25, 0.3) is 0 Å². The maximum absolute atomic E-state index is 5.51. The number of hydrogen-bond acceptors (Lipinski definition) is 5. The molecule has 1 aliphatic carbocycles. The molecule has 166 valence electrons. The summed E-state index contributed by atoms with van der Waals surface area (Å²) in [5.41, 5.74) is 8.78. The molecule has 0 radical (unpaired) electrons. The second-order valence-corrected chi connectivity index (χ2v) is 9.95. The fraction of sp³-hybridized carbons (Fsp3) is 0.423. The van der Waals surface area contributed by atoms with Crippen LogP contribution in [-0.4, -0.2) is 65.9 Å². The zero-order valence-corrected chi connectivity index (χ0v) is 19.9. The number of benzene rings is 1.